The molecule has 0 amide bonds. The Morgan fingerprint density at radius 1 is 0.765 bits per heavy atom. The first kappa shape index (κ1) is 39.2. The Morgan fingerprint density at radius 3 is 1.86 bits per heavy atom. The van der Waals surface area contributed by atoms with E-state index >= 15 is 0 Å². The molecule has 3 aromatic carbocycles. The molecule has 9 rings (SSSR count). The van der Waals surface area contributed by atoms with Gasteiger partial charge in [0.05, 0.1) is 0 Å². The molecule has 3 aromatic rings. The Bertz CT molecular complexity index is 2000. The van der Waals surface area contributed by atoms with Crippen molar-refractivity contribution >= 4 is 35.6 Å². The fourth-order valence-electron chi connectivity index (χ4n) is 12.9. The zero-order chi connectivity index (χ0) is 35.1. The van der Waals surface area contributed by atoms with Crippen molar-refractivity contribution in [3.05, 3.63) is 103 Å². The molecular weight excluding hydrogens is 739 g/mol. The first-order valence-corrected chi connectivity index (χ1v) is 27.6. The summed E-state index contributed by atoms with van der Waals surface area (Å²) in [6.07, 6.45) is 13.9. The molecule has 6 aliphatic carbocycles. The van der Waals surface area contributed by atoms with Gasteiger partial charge in [-0.15, -0.1) is 24.8 Å². The Morgan fingerprint density at radius 2 is 1.31 bits per heavy atom. The predicted octanol–water partition coefficient (Wildman–Crippen LogP) is 12.4. The van der Waals surface area contributed by atoms with E-state index in [0.29, 0.717) is 11.3 Å². The van der Waals surface area contributed by atoms with Crippen LogP contribution in [-0.2, 0) is 35.5 Å². The summed E-state index contributed by atoms with van der Waals surface area (Å²) in [6, 6.07) is 19.4. The number of halogens is 2. The van der Waals surface area contributed by atoms with E-state index < -0.39 is 18.3 Å². The van der Waals surface area contributed by atoms with Crippen molar-refractivity contribution in [1.82, 2.24) is 0 Å². The van der Waals surface area contributed by atoms with E-state index in [1.807, 2.05) is 0 Å². The Kier molecular flexibility index (Phi) is 9.60. The number of rotatable bonds is 4. The van der Waals surface area contributed by atoms with E-state index in [4.69, 9.17) is 4.21 Å². The van der Waals surface area contributed by atoms with E-state index in [1.54, 1.807) is 17.7 Å². The molecule has 4 bridgehead atoms. The molecule has 0 radical (unpaired) electrons. The molecule has 4 fully saturated rings. The Labute approximate surface area is 323 Å². The number of aryl methyl sites for hydroxylation is 1. The van der Waals surface area contributed by atoms with Gasteiger partial charge < -0.3 is 0 Å². The number of hydrogen-bond acceptors (Lipinski definition) is 0. The first-order chi connectivity index (χ1) is 22.8. The van der Waals surface area contributed by atoms with Crippen LogP contribution in [0.3, 0.4) is 0 Å². The summed E-state index contributed by atoms with van der Waals surface area (Å²) in [6.45, 7) is 24.4. The van der Waals surface area contributed by atoms with E-state index in [0.717, 1.165) is 30.1 Å². The van der Waals surface area contributed by atoms with Gasteiger partial charge in [0, 0.05) is 0 Å². The van der Waals surface area contributed by atoms with Gasteiger partial charge >= 0.3 is 301 Å². The molecule has 274 valence electrons. The molecule has 4 saturated carbocycles. The minimum atomic E-state index is -4.52. The van der Waals surface area contributed by atoms with Crippen LogP contribution >= 0.6 is 24.8 Å². The predicted molar refractivity (Wildman–Crippen MR) is 225 cm³/mol. The van der Waals surface area contributed by atoms with Gasteiger partial charge in [-0.05, 0) is 0 Å². The van der Waals surface area contributed by atoms with E-state index in [9.17, 15) is 0 Å². The second-order valence-corrected chi connectivity index (χ2v) is 34.4. The van der Waals surface area contributed by atoms with Crippen molar-refractivity contribution in [2.75, 3.05) is 0 Å². The molecule has 0 aromatic heterocycles. The molecule has 0 heterocycles. The van der Waals surface area contributed by atoms with Gasteiger partial charge in [0.1, 0.15) is 0 Å². The summed E-state index contributed by atoms with van der Waals surface area (Å²) in [7, 11) is 0. The van der Waals surface area contributed by atoms with Crippen molar-refractivity contribution < 1.29 is 18.3 Å². The SMILES string of the molecule is Cl.Cl.[CH2]=[Zr]([CH3])([C]1=CC(C2(C)C3CC4CC(C3)CC2C4)=CC1C)([c]1ccccc1)[c]1c(C)c(C(C)(C)C)cc2c1Cc1cc(C)c(C(C)(C)C)cc1-2. The zero-order valence-corrected chi connectivity index (χ0v) is 37.5. The van der Waals surface area contributed by atoms with Crippen molar-refractivity contribution in [2.45, 2.75) is 123 Å². The quantitative estimate of drug-likeness (QED) is 0.193. The van der Waals surface area contributed by atoms with E-state index in [-0.39, 0.29) is 35.6 Å². The van der Waals surface area contributed by atoms with Crippen LogP contribution in [0.2, 0.25) is 4.63 Å². The van der Waals surface area contributed by atoms with Crippen LogP contribution in [-0.4, -0.2) is 4.21 Å². The maximum absolute atomic E-state index is 5.77. The molecule has 1 atom stereocenters. The normalized spacial score (nSPS) is 28.0. The third-order valence-corrected chi connectivity index (χ3v) is 30.1. The van der Waals surface area contributed by atoms with Gasteiger partial charge in [-0.3, -0.25) is 0 Å². The van der Waals surface area contributed by atoms with E-state index in [2.05, 4.69) is 135 Å². The molecule has 0 nitrogen and oxygen atoms in total. The third-order valence-electron chi connectivity index (χ3n) is 15.1. The van der Waals surface area contributed by atoms with Crippen molar-refractivity contribution in [3.63, 3.8) is 0 Å². The summed E-state index contributed by atoms with van der Waals surface area (Å²) in [5, 5.41) is 0. The van der Waals surface area contributed by atoms with E-state index in [1.165, 1.54) is 74.3 Å². The molecule has 0 N–H and O–H groups in total. The molecular formula is C48H64Cl2Zr. The van der Waals surface area contributed by atoms with Crippen molar-refractivity contribution in [2.24, 2.45) is 35.0 Å². The monoisotopic (exact) mass is 800 g/mol. The van der Waals surface area contributed by atoms with Gasteiger partial charge in [-0.25, -0.2) is 0 Å². The van der Waals surface area contributed by atoms with Crippen LogP contribution in [0.15, 0.2) is 69.5 Å². The Balaban J connectivity index is 0.00000224. The van der Waals surface area contributed by atoms with Crippen LogP contribution in [0.25, 0.3) is 11.1 Å². The summed E-state index contributed by atoms with van der Waals surface area (Å²) in [4.78, 5) is 0. The summed E-state index contributed by atoms with van der Waals surface area (Å²) < 4.78 is 13.4. The van der Waals surface area contributed by atoms with Crippen LogP contribution in [0.5, 0.6) is 0 Å². The topological polar surface area (TPSA) is 0 Å². The summed E-state index contributed by atoms with van der Waals surface area (Å²) in [5.41, 5.74) is 14.1. The standard InChI is InChI=1S/C23H29.C17H23.C6H5.CH3.CH2.2ClH.Zr/c1-14-9-16-11-17-10-15(2)21(23(6,7)8)13-19(17)18(16)12-20(14)22(3,4)5;1-11-3-4-14(5-11)17(2)15-7-12-6-13(9-15)10-16(17)8-12;1-2-4-6-5-3-1;;;;;/h9,12-13H,11H2,1-8H3;4-5,11-13,15-16H,6-10H2,1-2H3;1-5H;1H3;1H2;2*1H;. The number of benzene rings is 3. The van der Waals surface area contributed by atoms with Crippen LogP contribution in [0.1, 0.15) is 121 Å². The second-order valence-electron chi connectivity index (χ2n) is 20.4. The van der Waals surface area contributed by atoms with Gasteiger partial charge in [0.25, 0.3) is 0 Å². The van der Waals surface area contributed by atoms with Gasteiger partial charge in [0.15, 0.2) is 0 Å². The molecule has 0 saturated heterocycles. The van der Waals surface area contributed by atoms with Gasteiger partial charge in [-0.2, -0.15) is 0 Å². The molecule has 51 heavy (non-hydrogen) atoms. The minimum absolute atomic E-state index is 0. The van der Waals surface area contributed by atoms with Crippen LogP contribution < -0.4 is 6.54 Å². The number of hydrogen-bond donors (Lipinski definition) is 0. The molecule has 1 unspecified atom stereocenters. The Hall–Kier alpha value is -1.53. The summed E-state index contributed by atoms with van der Waals surface area (Å²) in [5.74, 6) is 4.08. The number of fused-ring (bicyclic) bond motifs is 3. The fraction of sp³-hybridized carbons (Fsp3) is 0.521. The first-order valence-electron chi connectivity index (χ1n) is 19.7. The van der Waals surface area contributed by atoms with Crippen molar-refractivity contribution in [1.29, 1.82) is 0 Å². The average Bonchev–Trinajstić information content (AvgIpc) is 3.58. The van der Waals surface area contributed by atoms with Crippen LogP contribution in [0, 0.1) is 48.9 Å². The summed E-state index contributed by atoms with van der Waals surface area (Å²) >= 11 is -4.52. The zero-order valence-electron chi connectivity index (χ0n) is 33.4. The van der Waals surface area contributed by atoms with Crippen LogP contribution in [0.4, 0.5) is 0 Å². The molecule has 3 heteroatoms. The molecule has 0 aliphatic heterocycles. The third kappa shape index (κ3) is 5.62. The van der Waals surface area contributed by atoms with Gasteiger partial charge in [0.2, 0.25) is 0 Å². The maximum atomic E-state index is 5.77. The molecule has 0 spiro atoms. The number of allylic oxidation sites excluding steroid dienone is 4. The van der Waals surface area contributed by atoms with Crippen molar-refractivity contribution in [3.8, 4) is 11.1 Å². The van der Waals surface area contributed by atoms with Gasteiger partial charge in [-0.1, -0.05) is 0 Å². The second kappa shape index (κ2) is 12.5. The molecule has 6 aliphatic rings. The fourth-order valence-corrected chi connectivity index (χ4v) is 27.8. The average molecular weight is 803 g/mol.